The molecule has 0 saturated heterocycles. The van der Waals surface area contributed by atoms with Crippen LogP contribution < -0.4 is 5.32 Å². The van der Waals surface area contributed by atoms with Crippen molar-refractivity contribution in [3.63, 3.8) is 0 Å². The number of ether oxygens (including phenoxy) is 1. The van der Waals surface area contributed by atoms with Gasteiger partial charge in [-0.25, -0.2) is 4.99 Å². The van der Waals surface area contributed by atoms with Crippen LogP contribution in [0.2, 0.25) is 0 Å². The van der Waals surface area contributed by atoms with E-state index in [4.69, 9.17) is 9.84 Å². The summed E-state index contributed by atoms with van der Waals surface area (Å²) in [5, 5.41) is 11.3. The van der Waals surface area contributed by atoms with E-state index >= 15 is 0 Å². The van der Waals surface area contributed by atoms with E-state index in [-0.39, 0.29) is 25.1 Å². The number of benzene rings is 1. The zero-order chi connectivity index (χ0) is 24.7. The molecule has 14 heteroatoms. The average Bonchev–Trinajstić information content (AvgIpc) is 2.65. The minimum atomic E-state index is -5.23. The lowest BCUT2D eigenvalue weighted by Crippen LogP contribution is -2.42. The van der Waals surface area contributed by atoms with Crippen molar-refractivity contribution in [1.82, 2.24) is 10.2 Å². The Kier molecular flexibility index (Phi) is 9.24. The van der Waals surface area contributed by atoms with Crippen LogP contribution in [0.4, 0.5) is 45.2 Å². The number of alkyl halides is 9. The number of hydrogen-bond acceptors (Lipinski definition) is 4. The van der Waals surface area contributed by atoms with E-state index in [0.717, 1.165) is 7.05 Å². The van der Waals surface area contributed by atoms with Crippen LogP contribution in [-0.2, 0) is 17.1 Å². The van der Waals surface area contributed by atoms with Crippen LogP contribution in [0.1, 0.15) is 18.1 Å². The first-order valence-electron chi connectivity index (χ1n) is 8.91. The third-order valence-corrected chi connectivity index (χ3v) is 3.79. The maximum Gasteiger partial charge on any atom is 0.418 e. The summed E-state index contributed by atoms with van der Waals surface area (Å²) in [4.78, 5) is 3.74. The first-order valence-corrected chi connectivity index (χ1v) is 8.91. The van der Waals surface area contributed by atoms with Gasteiger partial charge < -0.3 is 20.1 Å². The van der Waals surface area contributed by atoms with Crippen molar-refractivity contribution >= 4 is 12.0 Å². The van der Waals surface area contributed by atoms with Crippen molar-refractivity contribution in [2.75, 3.05) is 26.8 Å². The highest BCUT2D eigenvalue weighted by molar-refractivity contribution is 5.64. The normalized spacial score (nSPS) is 14.6. The van der Waals surface area contributed by atoms with E-state index in [0.29, 0.717) is 29.4 Å². The Balaban J connectivity index is 3.33. The van der Waals surface area contributed by atoms with Crippen LogP contribution in [0, 0.1) is 0 Å². The molecule has 1 unspecified atom stereocenters. The van der Waals surface area contributed by atoms with E-state index in [9.17, 15) is 39.5 Å². The number of likely N-dealkylation sites (N-methyl/N-ethyl adjacent to an activating group) is 1. The van der Waals surface area contributed by atoms with Gasteiger partial charge in [-0.15, -0.1) is 0 Å². The predicted molar refractivity (Wildman–Crippen MR) is 97.0 cm³/mol. The number of aliphatic imine (C=N–C) groups is 1. The molecule has 0 amide bonds. The maximum absolute atomic E-state index is 13.5. The molecule has 0 aliphatic carbocycles. The van der Waals surface area contributed by atoms with Crippen molar-refractivity contribution in [2.45, 2.75) is 31.5 Å². The lowest BCUT2D eigenvalue weighted by atomic mass is 10.1. The summed E-state index contributed by atoms with van der Waals surface area (Å²) < 4.78 is 123. The SMILES string of the molecule is CCN/C(=C\C(N(C)C=Nc1ccc(C(F)(F)F)cc1C(F)(F)F)C(F)(F)F)OCCO. The van der Waals surface area contributed by atoms with Crippen molar-refractivity contribution in [2.24, 2.45) is 4.99 Å². The van der Waals surface area contributed by atoms with Crippen LogP contribution in [0.15, 0.2) is 35.2 Å². The van der Waals surface area contributed by atoms with Gasteiger partial charge in [0.05, 0.1) is 29.8 Å². The fraction of sp³-hybridized carbons (Fsp3) is 0.500. The lowest BCUT2D eigenvalue weighted by Gasteiger charge is -2.26. The molecule has 0 saturated carbocycles. The molecule has 0 bridgehead atoms. The fourth-order valence-corrected chi connectivity index (χ4v) is 2.35. The summed E-state index contributed by atoms with van der Waals surface area (Å²) in [6.07, 6.45) is -14.2. The van der Waals surface area contributed by atoms with Gasteiger partial charge in [-0.3, -0.25) is 0 Å². The topological polar surface area (TPSA) is 57.1 Å². The summed E-state index contributed by atoms with van der Waals surface area (Å²) in [6, 6.07) is -1.82. The third kappa shape index (κ3) is 8.13. The zero-order valence-electron chi connectivity index (χ0n) is 16.7. The molecule has 1 rings (SSSR count). The summed E-state index contributed by atoms with van der Waals surface area (Å²) in [7, 11) is 0.866. The standard InChI is InChI=1S/C18H20F9N3O2/c1-3-28-15(32-7-6-31)9-14(18(25,26)27)30(2)10-29-13-5-4-11(16(19,20)21)8-12(13)17(22,23)24/h4-5,8-10,14,28,31H,3,6-7H2,1-2H3/b15-9+,29-10?. The van der Waals surface area contributed by atoms with Crippen LogP contribution in [0.25, 0.3) is 0 Å². The average molecular weight is 481 g/mol. The molecule has 0 aliphatic heterocycles. The molecule has 0 heterocycles. The van der Waals surface area contributed by atoms with E-state index < -0.39 is 48.0 Å². The smallest absolute Gasteiger partial charge is 0.418 e. The van der Waals surface area contributed by atoms with Crippen LogP contribution >= 0.6 is 0 Å². The zero-order valence-corrected chi connectivity index (χ0v) is 16.7. The number of nitrogens with zero attached hydrogens (tertiary/aromatic N) is 2. The molecule has 5 nitrogen and oxygen atoms in total. The quantitative estimate of drug-likeness (QED) is 0.232. The highest BCUT2D eigenvalue weighted by Crippen LogP contribution is 2.40. The first-order chi connectivity index (χ1) is 14.6. The minimum Gasteiger partial charge on any atom is -0.477 e. The molecule has 0 aliphatic rings. The molecule has 2 N–H and O–H groups in total. The lowest BCUT2D eigenvalue weighted by molar-refractivity contribution is -0.158. The molecule has 0 fully saturated rings. The van der Waals surface area contributed by atoms with Gasteiger partial charge >= 0.3 is 18.5 Å². The predicted octanol–water partition coefficient (Wildman–Crippen LogP) is 4.71. The Morgan fingerprint density at radius 3 is 2.22 bits per heavy atom. The summed E-state index contributed by atoms with van der Waals surface area (Å²) in [5.74, 6) is -0.338. The Morgan fingerprint density at radius 2 is 1.75 bits per heavy atom. The Morgan fingerprint density at radius 1 is 1.12 bits per heavy atom. The summed E-state index contributed by atoms with van der Waals surface area (Å²) in [5.41, 5.74) is -4.33. The van der Waals surface area contributed by atoms with E-state index in [1.807, 2.05) is 0 Å². The number of halogens is 9. The van der Waals surface area contributed by atoms with Gasteiger partial charge in [0.1, 0.15) is 12.6 Å². The second-order valence-corrected chi connectivity index (χ2v) is 6.26. The molecule has 1 aromatic carbocycles. The van der Waals surface area contributed by atoms with Gasteiger partial charge in [-0.1, -0.05) is 0 Å². The molecule has 32 heavy (non-hydrogen) atoms. The number of nitrogens with one attached hydrogen (secondary N) is 1. The summed E-state index contributed by atoms with van der Waals surface area (Å²) >= 11 is 0. The highest BCUT2D eigenvalue weighted by atomic mass is 19.4. The number of hydrogen-bond donors (Lipinski definition) is 2. The fourth-order valence-electron chi connectivity index (χ4n) is 2.35. The van der Waals surface area contributed by atoms with Crippen molar-refractivity contribution in [1.29, 1.82) is 0 Å². The molecule has 0 aromatic heterocycles. The molecular formula is C18H20F9N3O2. The van der Waals surface area contributed by atoms with Crippen LogP contribution in [0.3, 0.4) is 0 Å². The van der Waals surface area contributed by atoms with Gasteiger partial charge in [0.15, 0.2) is 5.88 Å². The van der Waals surface area contributed by atoms with Crippen molar-refractivity contribution < 1.29 is 49.4 Å². The molecule has 1 atom stereocenters. The number of aliphatic hydroxyl groups excluding tert-OH is 1. The minimum absolute atomic E-state index is 0.167. The van der Waals surface area contributed by atoms with E-state index in [1.54, 1.807) is 6.92 Å². The second-order valence-electron chi connectivity index (χ2n) is 6.26. The van der Waals surface area contributed by atoms with Gasteiger partial charge in [0.2, 0.25) is 0 Å². The molecule has 0 spiro atoms. The number of aliphatic hydroxyl groups is 1. The van der Waals surface area contributed by atoms with Gasteiger partial charge in [0, 0.05) is 19.7 Å². The molecule has 1 aromatic rings. The molecule has 0 radical (unpaired) electrons. The third-order valence-electron chi connectivity index (χ3n) is 3.79. The Hall–Kier alpha value is -2.64. The number of rotatable bonds is 9. The van der Waals surface area contributed by atoms with Crippen LogP contribution in [-0.4, -0.2) is 55.4 Å². The summed E-state index contributed by atoms with van der Waals surface area (Å²) in [6.45, 7) is 0.930. The monoisotopic (exact) mass is 481 g/mol. The van der Waals surface area contributed by atoms with Crippen molar-refractivity contribution in [3.05, 3.63) is 41.3 Å². The largest absolute Gasteiger partial charge is 0.477 e. The second kappa shape index (κ2) is 10.8. The Labute approximate surface area is 177 Å². The van der Waals surface area contributed by atoms with E-state index in [2.05, 4.69) is 10.3 Å². The first kappa shape index (κ1) is 27.4. The Bertz CT molecular complexity index is 802. The van der Waals surface area contributed by atoms with Crippen molar-refractivity contribution in [3.8, 4) is 0 Å². The molecule has 182 valence electrons. The molecular weight excluding hydrogens is 461 g/mol. The van der Waals surface area contributed by atoms with Gasteiger partial charge in [-0.2, -0.15) is 39.5 Å². The highest BCUT2D eigenvalue weighted by Gasteiger charge is 2.42. The van der Waals surface area contributed by atoms with Crippen LogP contribution in [0.5, 0.6) is 0 Å². The van der Waals surface area contributed by atoms with Gasteiger partial charge in [0.25, 0.3) is 0 Å². The van der Waals surface area contributed by atoms with Gasteiger partial charge in [-0.05, 0) is 25.1 Å². The van der Waals surface area contributed by atoms with E-state index in [1.165, 1.54) is 0 Å². The maximum atomic E-state index is 13.5.